The lowest BCUT2D eigenvalue weighted by Gasteiger charge is -2.25. The van der Waals surface area contributed by atoms with Crippen LogP contribution in [0.1, 0.15) is 25.1 Å². The molecule has 0 aliphatic rings. The third-order valence-corrected chi connectivity index (χ3v) is 6.34. The first-order valence-corrected chi connectivity index (χ1v) is 10.8. The Morgan fingerprint density at radius 3 is 2.57 bits per heavy atom. The van der Waals surface area contributed by atoms with Gasteiger partial charge in [0.15, 0.2) is 10.6 Å². The molecule has 0 aliphatic carbocycles. The molecule has 9 nitrogen and oxygen atoms in total. The number of benzene rings is 1. The third-order valence-electron chi connectivity index (χ3n) is 4.69. The summed E-state index contributed by atoms with van der Waals surface area (Å²) in [7, 11) is 1.82. The van der Waals surface area contributed by atoms with E-state index in [2.05, 4.69) is 25.7 Å². The van der Waals surface area contributed by atoms with Gasteiger partial charge in [-0.15, -0.1) is 0 Å². The molecule has 2 amide bonds. The van der Waals surface area contributed by atoms with Crippen molar-refractivity contribution < 1.29 is 9.35 Å². The smallest absolute Gasteiger partial charge is 0.319 e. The van der Waals surface area contributed by atoms with Gasteiger partial charge in [0, 0.05) is 42.7 Å². The molecule has 1 atom stereocenters. The summed E-state index contributed by atoms with van der Waals surface area (Å²) < 4.78 is 13.1. The van der Waals surface area contributed by atoms with E-state index in [0.29, 0.717) is 29.6 Å². The summed E-state index contributed by atoms with van der Waals surface area (Å²) >= 11 is -1.13. The minimum atomic E-state index is -1.13. The number of amides is 2. The van der Waals surface area contributed by atoms with E-state index in [1.165, 1.54) is 0 Å². The molecule has 2 aromatic heterocycles. The second kappa shape index (κ2) is 8.72. The molecular formula is C20H25N7O2S. The summed E-state index contributed by atoms with van der Waals surface area (Å²) in [4.78, 5) is 20.9. The maximum atomic E-state index is 12.1. The molecule has 0 spiro atoms. The van der Waals surface area contributed by atoms with Crippen LogP contribution >= 0.6 is 0 Å². The van der Waals surface area contributed by atoms with Crippen molar-refractivity contribution in [3.63, 3.8) is 0 Å². The van der Waals surface area contributed by atoms with Gasteiger partial charge in [0.25, 0.3) is 0 Å². The van der Waals surface area contributed by atoms with E-state index in [1.54, 1.807) is 47.5 Å². The van der Waals surface area contributed by atoms with Gasteiger partial charge in [-0.3, -0.25) is 4.68 Å². The molecular weight excluding hydrogens is 402 g/mol. The highest BCUT2D eigenvalue weighted by atomic mass is 32.2. The molecule has 0 radical (unpaired) electrons. The van der Waals surface area contributed by atoms with Crippen molar-refractivity contribution in [1.82, 2.24) is 25.1 Å². The Balaban J connectivity index is 1.69. The predicted octanol–water partition coefficient (Wildman–Crippen LogP) is 2.39. The van der Waals surface area contributed by atoms with E-state index in [0.717, 1.165) is 11.1 Å². The molecule has 1 unspecified atom stereocenters. The van der Waals surface area contributed by atoms with Crippen LogP contribution in [0.4, 0.5) is 16.3 Å². The number of nitrogens with two attached hydrogens (primary N) is 1. The fourth-order valence-electron chi connectivity index (χ4n) is 2.67. The number of aryl methyl sites for hydroxylation is 1. The Labute approximate surface area is 178 Å². The van der Waals surface area contributed by atoms with Crippen LogP contribution in [0.2, 0.25) is 0 Å². The molecule has 2 heterocycles. The van der Waals surface area contributed by atoms with Gasteiger partial charge >= 0.3 is 6.03 Å². The number of rotatable bonds is 6. The summed E-state index contributed by atoms with van der Waals surface area (Å²) in [5.41, 5.74) is 8.84. The van der Waals surface area contributed by atoms with Gasteiger partial charge in [-0.25, -0.2) is 14.8 Å². The molecule has 30 heavy (non-hydrogen) atoms. The van der Waals surface area contributed by atoms with Crippen LogP contribution in [-0.2, 0) is 29.5 Å². The van der Waals surface area contributed by atoms with E-state index in [9.17, 15) is 9.35 Å². The number of hydrogen-bond acceptors (Lipinski definition) is 6. The number of nitrogens with one attached hydrogen (secondary N) is 2. The number of hydrogen-bond donors (Lipinski definition) is 3. The lowest BCUT2D eigenvalue weighted by molar-refractivity contribution is 0.251. The summed E-state index contributed by atoms with van der Waals surface area (Å²) in [5.74, 6) is 0.751. The normalized spacial score (nSPS) is 12.4. The average molecular weight is 428 g/mol. The molecule has 0 saturated carbocycles. The molecule has 3 aromatic rings. The number of carbonyl (C=O) groups excluding carboxylic acids is 1. The highest BCUT2D eigenvalue weighted by molar-refractivity contribution is 7.91. The lowest BCUT2D eigenvalue weighted by Crippen LogP contribution is -2.29. The maximum Gasteiger partial charge on any atom is 0.319 e. The highest BCUT2D eigenvalue weighted by Gasteiger charge is 2.33. The van der Waals surface area contributed by atoms with Crippen LogP contribution in [-0.4, -0.2) is 36.6 Å². The largest absolute Gasteiger partial charge is 0.616 e. The first-order chi connectivity index (χ1) is 14.1. The molecule has 0 saturated heterocycles. The van der Waals surface area contributed by atoms with Crippen LogP contribution in [0.5, 0.6) is 0 Å². The quantitative estimate of drug-likeness (QED) is 0.517. The molecule has 1 aromatic carbocycles. The predicted molar refractivity (Wildman–Crippen MR) is 118 cm³/mol. The van der Waals surface area contributed by atoms with Gasteiger partial charge in [-0.1, -0.05) is 0 Å². The first-order valence-electron chi connectivity index (χ1n) is 9.26. The molecule has 158 valence electrons. The van der Waals surface area contributed by atoms with E-state index in [-0.39, 0.29) is 6.03 Å². The Morgan fingerprint density at radius 1 is 1.27 bits per heavy atom. The van der Waals surface area contributed by atoms with Gasteiger partial charge in [0.2, 0.25) is 0 Å². The Hall–Kier alpha value is -3.11. The van der Waals surface area contributed by atoms with Gasteiger partial charge in [-0.2, -0.15) is 5.10 Å². The van der Waals surface area contributed by atoms with Crippen LogP contribution in [0.3, 0.4) is 0 Å². The zero-order valence-electron chi connectivity index (χ0n) is 17.3. The Morgan fingerprint density at radius 2 is 1.97 bits per heavy atom. The zero-order valence-corrected chi connectivity index (χ0v) is 18.2. The SMILES string of the molecule is Cn1cc(CNC(=O)Nc2ccc(-c3nc(N)cc(C(C)(C)[S+](C)[O-])n3)cc2)cn1. The van der Waals surface area contributed by atoms with E-state index in [4.69, 9.17) is 5.73 Å². The Kier molecular flexibility index (Phi) is 6.28. The van der Waals surface area contributed by atoms with Crippen molar-refractivity contribution >= 4 is 28.7 Å². The van der Waals surface area contributed by atoms with Crippen molar-refractivity contribution in [3.8, 4) is 11.4 Å². The number of nitrogen functional groups attached to an aromatic ring is 1. The lowest BCUT2D eigenvalue weighted by atomic mass is 10.1. The molecule has 0 bridgehead atoms. The number of carbonyl (C=O) groups is 1. The van der Waals surface area contributed by atoms with Crippen LogP contribution in [0.25, 0.3) is 11.4 Å². The fourth-order valence-corrected chi connectivity index (χ4v) is 3.07. The van der Waals surface area contributed by atoms with Gasteiger partial charge in [-0.05, 0) is 49.3 Å². The summed E-state index contributed by atoms with van der Waals surface area (Å²) in [6, 6.07) is 8.44. The Bertz CT molecular complexity index is 1030. The average Bonchev–Trinajstić information content (AvgIpc) is 3.11. The van der Waals surface area contributed by atoms with E-state index >= 15 is 0 Å². The number of anilines is 2. The summed E-state index contributed by atoms with van der Waals surface area (Å²) in [6.07, 6.45) is 5.17. The second-order valence-electron chi connectivity index (χ2n) is 7.37. The van der Waals surface area contributed by atoms with E-state index < -0.39 is 15.9 Å². The molecule has 0 aliphatic heterocycles. The molecule has 10 heteroatoms. The van der Waals surface area contributed by atoms with Crippen molar-refractivity contribution in [2.24, 2.45) is 7.05 Å². The van der Waals surface area contributed by atoms with Gasteiger partial charge in [0.1, 0.15) is 11.5 Å². The van der Waals surface area contributed by atoms with Crippen molar-refractivity contribution in [2.45, 2.75) is 25.1 Å². The van der Waals surface area contributed by atoms with Crippen LogP contribution in [0.15, 0.2) is 42.7 Å². The second-order valence-corrected chi connectivity index (χ2v) is 9.30. The number of nitrogens with zero attached hydrogens (tertiary/aromatic N) is 4. The zero-order chi connectivity index (χ0) is 21.9. The monoisotopic (exact) mass is 427 g/mol. The molecule has 3 rings (SSSR count). The summed E-state index contributed by atoms with van der Waals surface area (Å²) in [5, 5.41) is 9.61. The topological polar surface area (TPSA) is 134 Å². The van der Waals surface area contributed by atoms with Crippen molar-refractivity contribution in [3.05, 3.63) is 54.0 Å². The fraction of sp³-hybridized carbons (Fsp3) is 0.300. The molecule has 0 fully saturated rings. The summed E-state index contributed by atoms with van der Waals surface area (Å²) in [6.45, 7) is 4.09. The molecule has 4 N–H and O–H groups in total. The minimum absolute atomic E-state index is 0.311. The third kappa shape index (κ3) is 5.08. The number of urea groups is 1. The maximum absolute atomic E-state index is 12.1. The van der Waals surface area contributed by atoms with Gasteiger partial charge in [0.05, 0.1) is 12.5 Å². The van der Waals surface area contributed by atoms with Gasteiger partial charge < -0.3 is 20.9 Å². The van der Waals surface area contributed by atoms with Crippen molar-refractivity contribution in [2.75, 3.05) is 17.3 Å². The highest BCUT2D eigenvalue weighted by Crippen LogP contribution is 2.30. The standard InChI is InChI=1S/C20H25N7O2S/c1-20(2,30(4)29)16-9-17(21)26-18(25-16)14-5-7-15(8-6-14)24-19(28)22-10-13-11-23-27(3)12-13/h5-9,11-12H,10H2,1-4H3,(H2,21,25,26)(H2,22,24,28). The van der Waals surface area contributed by atoms with Crippen molar-refractivity contribution in [1.29, 1.82) is 0 Å². The van der Waals surface area contributed by atoms with E-state index in [1.807, 2.05) is 27.1 Å². The first kappa shape index (κ1) is 21.6. The van der Waals surface area contributed by atoms with Crippen LogP contribution < -0.4 is 16.4 Å². The van der Waals surface area contributed by atoms with Crippen LogP contribution in [0, 0.1) is 0 Å². The number of aromatic nitrogens is 4. The minimum Gasteiger partial charge on any atom is -0.616 e.